The van der Waals surface area contributed by atoms with E-state index in [1.165, 1.54) is 23.5 Å². The van der Waals surface area contributed by atoms with Crippen LogP contribution in [0, 0.1) is 0 Å². The van der Waals surface area contributed by atoms with Gasteiger partial charge < -0.3 is 10.1 Å². The van der Waals surface area contributed by atoms with E-state index in [0.29, 0.717) is 6.42 Å². The average Bonchev–Trinajstić information content (AvgIpc) is 3.04. The molecule has 0 fully saturated rings. The molecule has 2 rings (SSSR count). The van der Waals surface area contributed by atoms with E-state index in [2.05, 4.69) is 5.32 Å². The zero-order chi connectivity index (χ0) is 17.6. The number of anilines is 1. The van der Waals surface area contributed by atoms with Crippen LogP contribution in [0.15, 0.2) is 41.1 Å². The van der Waals surface area contributed by atoms with E-state index in [1.807, 2.05) is 16.8 Å². The Morgan fingerprint density at radius 3 is 2.58 bits per heavy atom. The Bertz CT molecular complexity index is 699. The van der Waals surface area contributed by atoms with Gasteiger partial charge in [0, 0.05) is 6.42 Å². The number of rotatable bonds is 6. The zero-order valence-corrected chi connectivity index (χ0v) is 13.2. The van der Waals surface area contributed by atoms with Gasteiger partial charge in [-0.2, -0.15) is 24.5 Å². The first kappa shape index (κ1) is 18.0. The van der Waals surface area contributed by atoms with Crippen LogP contribution < -0.4 is 5.32 Å². The van der Waals surface area contributed by atoms with Gasteiger partial charge in [-0.3, -0.25) is 9.59 Å². The number of ether oxygens (including phenoxy) is 1. The second-order valence-corrected chi connectivity index (χ2v) is 5.66. The second-order valence-electron chi connectivity index (χ2n) is 4.88. The number of amides is 1. The predicted molar refractivity (Wildman–Crippen MR) is 83.7 cm³/mol. The first-order valence-electron chi connectivity index (χ1n) is 6.99. The summed E-state index contributed by atoms with van der Waals surface area (Å²) in [7, 11) is 0. The minimum atomic E-state index is -4.58. The number of esters is 1. The standard InChI is InChI=1S/C16H14F3NO3S/c17-16(18,19)12-3-1-2-4-13(12)20-14(21)9-23-15(22)6-5-11-7-8-24-10-11/h1-4,7-8,10H,5-6,9H2,(H,20,21). The van der Waals surface area contributed by atoms with Crippen LogP contribution in [-0.4, -0.2) is 18.5 Å². The summed E-state index contributed by atoms with van der Waals surface area (Å²) in [5.41, 5.74) is -0.341. The number of thiophene rings is 1. The SMILES string of the molecule is O=C(COC(=O)CCc1ccsc1)Nc1ccccc1C(F)(F)F. The molecule has 0 aliphatic heterocycles. The lowest BCUT2D eigenvalue weighted by Gasteiger charge is -2.13. The molecule has 8 heteroatoms. The van der Waals surface area contributed by atoms with E-state index < -0.39 is 30.2 Å². The molecule has 1 N–H and O–H groups in total. The molecule has 1 amide bonds. The van der Waals surface area contributed by atoms with Crippen molar-refractivity contribution in [3.8, 4) is 0 Å². The average molecular weight is 357 g/mol. The first-order chi connectivity index (χ1) is 11.4. The van der Waals surface area contributed by atoms with E-state index >= 15 is 0 Å². The minimum absolute atomic E-state index is 0.100. The van der Waals surface area contributed by atoms with Crippen LogP contribution in [0.4, 0.5) is 18.9 Å². The van der Waals surface area contributed by atoms with Gasteiger partial charge in [0.25, 0.3) is 5.91 Å². The molecule has 0 unspecified atom stereocenters. The van der Waals surface area contributed by atoms with Crippen molar-refractivity contribution in [1.82, 2.24) is 0 Å². The van der Waals surface area contributed by atoms with Crippen molar-refractivity contribution >= 4 is 28.9 Å². The molecular formula is C16H14F3NO3S. The number of halogens is 3. The van der Waals surface area contributed by atoms with Crippen molar-refractivity contribution in [2.45, 2.75) is 19.0 Å². The summed E-state index contributed by atoms with van der Waals surface area (Å²) in [6.45, 7) is -0.630. The predicted octanol–water partition coefficient (Wildman–Crippen LogP) is 3.88. The van der Waals surface area contributed by atoms with E-state index in [4.69, 9.17) is 4.74 Å². The van der Waals surface area contributed by atoms with Crippen molar-refractivity contribution in [3.05, 3.63) is 52.2 Å². The van der Waals surface area contributed by atoms with Gasteiger partial charge in [-0.25, -0.2) is 0 Å². The Morgan fingerprint density at radius 2 is 1.92 bits per heavy atom. The van der Waals surface area contributed by atoms with Gasteiger partial charge in [-0.05, 0) is 40.9 Å². The highest BCUT2D eigenvalue weighted by molar-refractivity contribution is 7.07. The molecule has 24 heavy (non-hydrogen) atoms. The summed E-state index contributed by atoms with van der Waals surface area (Å²) in [6.07, 6.45) is -3.99. The molecule has 0 aliphatic rings. The minimum Gasteiger partial charge on any atom is -0.456 e. The summed E-state index contributed by atoms with van der Waals surface area (Å²) < 4.78 is 43.2. The molecule has 0 aliphatic carbocycles. The van der Waals surface area contributed by atoms with E-state index in [9.17, 15) is 22.8 Å². The third-order valence-corrected chi connectivity index (χ3v) is 3.80. The highest BCUT2D eigenvalue weighted by Crippen LogP contribution is 2.34. The molecule has 1 heterocycles. The summed E-state index contributed by atoms with van der Waals surface area (Å²) >= 11 is 1.51. The second kappa shape index (κ2) is 7.96. The highest BCUT2D eigenvalue weighted by Gasteiger charge is 2.33. The lowest BCUT2D eigenvalue weighted by atomic mass is 10.1. The molecule has 0 saturated carbocycles. The smallest absolute Gasteiger partial charge is 0.418 e. The Labute approximate surface area is 140 Å². The molecule has 0 spiro atoms. The summed E-state index contributed by atoms with van der Waals surface area (Å²) in [6, 6.07) is 6.47. The molecule has 2 aromatic rings. The van der Waals surface area contributed by atoms with Crippen LogP contribution in [0.25, 0.3) is 0 Å². The van der Waals surface area contributed by atoms with Crippen LogP contribution >= 0.6 is 11.3 Å². The maximum atomic E-state index is 12.8. The molecule has 0 saturated heterocycles. The number of para-hydroxylation sites is 1. The lowest BCUT2D eigenvalue weighted by molar-refractivity contribution is -0.147. The van der Waals surface area contributed by atoms with Gasteiger partial charge in [0.05, 0.1) is 11.3 Å². The van der Waals surface area contributed by atoms with Crippen LogP contribution in [0.3, 0.4) is 0 Å². The fraction of sp³-hybridized carbons (Fsp3) is 0.250. The molecule has 1 aromatic heterocycles. The maximum Gasteiger partial charge on any atom is 0.418 e. The fourth-order valence-electron chi connectivity index (χ4n) is 1.93. The molecular weight excluding hydrogens is 343 g/mol. The summed E-state index contributed by atoms with van der Waals surface area (Å²) in [4.78, 5) is 23.2. The van der Waals surface area contributed by atoms with Crippen molar-refractivity contribution in [2.75, 3.05) is 11.9 Å². The monoisotopic (exact) mass is 357 g/mol. The number of hydrogen-bond donors (Lipinski definition) is 1. The van der Waals surface area contributed by atoms with Crippen molar-refractivity contribution < 1.29 is 27.5 Å². The number of carbonyl (C=O) groups is 2. The van der Waals surface area contributed by atoms with E-state index in [1.54, 1.807) is 0 Å². The van der Waals surface area contributed by atoms with Crippen LogP contribution in [0.5, 0.6) is 0 Å². The Kier molecular flexibility index (Phi) is 5.97. The number of alkyl halides is 3. The third-order valence-electron chi connectivity index (χ3n) is 3.07. The fourth-order valence-corrected chi connectivity index (χ4v) is 2.63. The summed E-state index contributed by atoms with van der Waals surface area (Å²) in [5, 5.41) is 5.89. The molecule has 0 atom stereocenters. The lowest BCUT2D eigenvalue weighted by Crippen LogP contribution is -2.22. The molecule has 0 bridgehead atoms. The molecule has 0 radical (unpaired) electrons. The number of nitrogens with one attached hydrogen (secondary N) is 1. The van der Waals surface area contributed by atoms with Gasteiger partial charge in [-0.1, -0.05) is 12.1 Å². The van der Waals surface area contributed by atoms with E-state index in [-0.39, 0.29) is 12.1 Å². The van der Waals surface area contributed by atoms with Gasteiger partial charge in [-0.15, -0.1) is 0 Å². The normalized spacial score (nSPS) is 11.1. The van der Waals surface area contributed by atoms with Crippen LogP contribution in [0.2, 0.25) is 0 Å². The molecule has 4 nitrogen and oxygen atoms in total. The quantitative estimate of drug-likeness (QED) is 0.798. The number of hydrogen-bond acceptors (Lipinski definition) is 4. The third kappa shape index (κ3) is 5.38. The molecule has 128 valence electrons. The zero-order valence-electron chi connectivity index (χ0n) is 12.4. The van der Waals surface area contributed by atoms with Gasteiger partial charge in [0.15, 0.2) is 6.61 Å². The number of aryl methyl sites for hydroxylation is 1. The number of benzene rings is 1. The van der Waals surface area contributed by atoms with Crippen molar-refractivity contribution in [2.24, 2.45) is 0 Å². The van der Waals surface area contributed by atoms with Gasteiger partial charge in [0.1, 0.15) is 0 Å². The highest BCUT2D eigenvalue weighted by atomic mass is 32.1. The Hall–Kier alpha value is -2.35. The Balaban J connectivity index is 1.82. The van der Waals surface area contributed by atoms with Gasteiger partial charge in [0.2, 0.25) is 0 Å². The van der Waals surface area contributed by atoms with E-state index in [0.717, 1.165) is 17.7 Å². The van der Waals surface area contributed by atoms with Crippen molar-refractivity contribution in [3.63, 3.8) is 0 Å². The topological polar surface area (TPSA) is 55.4 Å². The molecule has 1 aromatic carbocycles. The maximum absolute atomic E-state index is 12.8. The van der Waals surface area contributed by atoms with Crippen molar-refractivity contribution in [1.29, 1.82) is 0 Å². The Morgan fingerprint density at radius 1 is 1.17 bits per heavy atom. The summed E-state index contributed by atoms with van der Waals surface area (Å²) in [5.74, 6) is -1.41. The van der Waals surface area contributed by atoms with Gasteiger partial charge >= 0.3 is 12.1 Å². The van der Waals surface area contributed by atoms with Crippen LogP contribution in [0.1, 0.15) is 17.5 Å². The largest absolute Gasteiger partial charge is 0.456 e. The number of carbonyl (C=O) groups excluding carboxylic acids is 2. The van der Waals surface area contributed by atoms with Crippen LogP contribution in [-0.2, 0) is 26.9 Å². The first-order valence-corrected chi connectivity index (χ1v) is 7.93.